The first-order valence-corrected chi connectivity index (χ1v) is 7.94. The van der Waals surface area contributed by atoms with E-state index in [4.69, 9.17) is 9.15 Å². The van der Waals surface area contributed by atoms with E-state index in [1.165, 1.54) is 0 Å². The quantitative estimate of drug-likeness (QED) is 0.771. The van der Waals surface area contributed by atoms with Gasteiger partial charge in [0.05, 0.1) is 37.5 Å². The standard InChI is InChI=1S/C14H15N5O2S/c1-3-20-8-10(1)14-12-9-21-11(7-19(12)18-17-14)5-15-6-13-16-2-4-22-13/h1-4,8,11,15H,5-7,9H2/t11-/m1/s1. The Hall–Kier alpha value is -2.03. The Bertz CT molecular complexity index is 723. The molecule has 0 amide bonds. The van der Waals surface area contributed by atoms with Gasteiger partial charge in [-0.2, -0.15) is 0 Å². The minimum Gasteiger partial charge on any atom is -0.472 e. The van der Waals surface area contributed by atoms with Crippen LogP contribution in [-0.4, -0.2) is 32.6 Å². The highest BCUT2D eigenvalue weighted by Gasteiger charge is 2.24. The fourth-order valence-corrected chi connectivity index (χ4v) is 3.08. The number of thiazole rings is 1. The van der Waals surface area contributed by atoms with E-state index in [9.17, 15) is 0 Å². The van der Waals surface area contributed by atoms with Crippen LogP contribution in [-0.2, 0) is 24.4 Å². The van der Waals surface area contributed by atoms with Gasteiger partial charge in [0.25, 0.3) is 0 Å². The van der Waals surface area contributed by atoms with Gasteiger partial charge in [0.2, 0.25) is 0 Å². The lowest BCUT2D eigenvalue weighted by molar-refractivity contribution is 0.00125. The molecule has 3 aromatic heterocycles. The van der Waals surface area contributed by atoms with Crippen molar-refractivity contribution >= 4 is 11.3 Å². The van der Waals surface area contributed by atoms with Gasteiger partial charge in [-0.25, -0.2) is 9.67 Å². The van der Waals surface area contributed by atoms with E-state index >= 15 is 0 Å². The van der Waals surface area contributed by atoms with Crippen molar-refractivity contribution in [3.05, 3.63) is 40.9 Å². The molecule has 4 heterocycles. The average Bonchev–Trinajstić information content (AvgIpc) is 3.28. The molecular formula is C14H15N5O2S. The van der Waals surface area contributed by atoms with E-state index in [2.05, 4.69) is 20.6 Å². The van der Waals surface area contributed by atoms with Crippen LogP contribution in [0.1, 0.15) is 10.7 Å². The van der Waals surface area contributed by atoms with Crippen LogP contribution < -0.4 is 5.32 Å². The molecule has 0 aliphatic carbocycles. The van der Waals surface area contributed by atoms with Gasteiger partial charge in [0, 0.05) is 30.2 Å². The molecule has 1 atom stereocenters. The van der Waals surface area contributed by atoms with E-state index in [1.54, 1.807) is 23.9 Å². The Morgan fingerprint density at radius 2 is 2.45 bits per heavy atom. The monoisotopic (exact) mass is 317 g/mol. The summed E-state index contributed by atoms with van der Waals surface area (Å²) in [5.74, 6) is 0. The second-order valence-corrected chi connectivity index (χ2v) is 6.05. The molecule has 22 heavy (non-hydrogen) atoms. The number of aromatic nitrogens is 4. The van der Waals surface area contributed by atoms with Crippen LogP contribution in [0.4, 0.5) is 0 Å². The Kier molecular flexibility index (Phi) is 3.71. The van der Waals surface area contributed by atoms with Crippen LogP contribution in [0.5, 0.6) is 0 Å². The highest BCUT2D eigenvalue weighted by atomic mass is 32.1. The van der Waals surface area contributed by atoms with E-state index in [0.29, 0.717) is 13.2 Å². The molecule has 0 fully saturated rings. The van der Waals surface area contributed by atoms with Crippen LogP contribution in [0.25, 0.3) is 11.3 Å². The Morgan fingerprint density at radius 3 is 3.27 bits per heavy atom. The molecule has 3 aromatic rings. The summed E-state index contributed by atoms with van der Waals surface area (Å²) in [5.41, 5.74) is 2.77. The van der Waals surface area contributed by atoms with Crippen molar-refractivity contribution in [3.8, 4) is 11.3 Å². The van der Waals surface area contributed by atoms with Crippen molar-refractivity contribution in [3.63, 3.8) is 0 Å². The first-order valence-electron chi connectivity index (χ1n) is 7.06. The van der Waals surface area contributed by atoms with Crippen molar-refractivity contribution in [2.24, 2.45) is 0 Å². The SMILES string of the molecule is c1csc(CNC[C@@H]2Cn3nnc(-c4ccoc4)c3CO2)n1. The summed E-state index contributed by atoms with van der Waals surface area (Å²) < 4.78 is 12.9. The zero-order valence-corrected chi connectivity index (χ0v) is 12.6. The van der Waals surface area contributed by atoms with Crippen molar-refractivity contribution in [1.29, 1.82) is 0 Å². The number of hydrogen-bond donors (Lipinski definition) is 1. The van der Waals surface area contributed by atoms with Gasteiger partial charge in [-0.05, 0) is 6.07 Å². The second-order valence-electron chi connectivity index (χ2n) is 5.07. The zero-order chi connectivity index (χ0) is 14.8. The van der Waals surface area contributed by atoms with Crippen LogP contribution in [0.3, 0.4) is 0 Å². The molecule has 0 unspecified atom stereocenters. The van der Waals surface area contributed by atoms with Gasteiger partial charge in [0.15, 0.2) is 0 Å². The van der Waals surface area contributed by atoms with Gasteiger partial charge in [-0.1, -0.05) is 5.21 Å². The summed E-state index contributed by atoms with van der Waals surface area (Å²) in [7, 11) is 0. The lowest BCUT2D eigenvalue weighted by Crippen LogP contribution is -2.36. The number of nitrogens with one attached hydrogen (secondary N) is 1. The fraction of sp³-hybridized carbons (Fsp3) is 0.357. The highest BCUT2D eigenvalue weighted by molar-refractivity contribution is 7.09. The Morgan fingerprint density at radius 1 is 1.45 bits per heavy atom. The van der Waals surface area contributed by atoms with Crippen molar-refractivity contribution in [2.75, 3.05) is 6.54 Å². The van der Waals surface area contributed by atoms with Gasteiger partial charge >= 0.3 is 0 Å². The van der Waals surface area contributed by atoms with Crippen LogP contribution in [0.15, 0.2) is 34.6 Å². The maximum Gasteiger partial charge on any atom is 0.121 e. The Balaban J connectivity index is 1.38. The largest absolute Gasteiger partial charge is 0.472 e. The molecule has 4 rings (SSSR count). The Labute approximate surface area is 130 Å². The van der Waals surface area contributed by atoms with Gasteiger partial charge in [-0.15, -0.1) is 16.4 Å². The summed E-state index contributed by atoms with van der Waals surface area (Å²) in [6.45, 7) is 2.74. The van der Waals surface area contributed by atoms with E-state index < -0.39 is 0 Å². The number of rotatable bonds is 5. The third-order valence-electron chi connectivity index (χ3n) is 3.60. The highest BCUT2D eigenvalue weighted by Crippen LogP contribution is 2.25. The zero-order valence-electron chi connectivity index (χ0n) is 11.8. The number of ether oxygens (including phenoxy) is 1. The van der Waals surface area contributed by atoms with Crippen LogP contribution in [0.2, 0.25) is 0 Å². The first kappa shape index (κ1) is 13.6. The van der Waals surface area contributed by atoms with Crippen molar-refractivity contribution in [2.45, 2.75) is 25.8 Å². The predicted octanol–water partition coefficient (Wildman–Crippen LogP) is 1.68. The van der Waals surface area contributed by atoms with Crippen LogP contribution in [0, 0.1) is 0 Å². The van der Waals surface area contributed by atoms with E-state index in [1.807, 2.05) is 22.3 Å². The summed E-state index contributed by atoms with van der Waals surface area (Å²) >= 11 is 1.65. The lowest BCUT2D eigenvalue weighted by atomic mass is 10.2. The smallest absolute Gasteiger partial charge is 0.121 e. The molecule has 114 valence electrons. The van der Waals surface area contributed by atoms with E-state index in [0.717, 1.165) is 35.0 Å². The minimum absolute atomic E-state index is 0.0892. The molecule has 0 bridgehead atoms. The molecule has 1 aliphatic rings. The maximum absolute atomic E-state index is 5.91. The molecule has 1 aliphatic heterocycles. The van der Waals surface area contributed by atoms with Gasteiger partial charge < -0.3 is 14.5 Å². The number of fused-ring (bicyclic) bond motifs is 1. The lowest BCUT2D eigenvalue weighted by Gasteiger charge is -2.24. The normalized spacial score (nSPS) is 17.5. The predicted molar refractivity (Wildman–Crippen MR) is 80.1 cm³/mol. The van der Waals surface area contributed by atoms with Gasteiger partial charge in [-0.3, -0.25) is 0 Å². The number of furan rings is 1. The van der Waals surface area contributed by atoms with Gasteiger partial charge in [0.1, 0.15) is 10.7 Å². The minimum atomic E-state index is 0.0892. The van der Waals surface area contributed by atoms with Crippen molar-refractivity contribution in [1.82, 2.24) is 25.3 Å². The second kappa shape index (κ2) is 5.99. The molecule has 1 N–H and O–H groups in total. The molecule has 0 saturated carbocycles. The number of hydrogen-bond acceptors (Lipinski definition) is 7. The molecule has 0 aromatic carbocycles. The maximum atomic E-state index is 5.91. The summed E-state index contributed by atoms with van der Waals surface area (Å²) in [5, 5.41) is 14.9. The summed E-state index contributed by atoms with van der Waals surface area (Å²) in [4.78, 5) is 4.25. The first-order chi connectivity index (χ1) is 10.9. The third-order valence-corrected chi connectivity index (χ3v) is 4.38. The molecule has 0 saturated heterocycles. The average molecular weight is 317 g/mol. The van der Waals surface area contributed by atoms with Crippen LogP contribution >= 0.6 is 11.3 Å². The summed E-state index contributed by atoms with van der Waals surface area (Å²) in [6, 6.07) is 1.88. The molecule has 7 nitrogen and oxygen atoms in total. The summed E-state index contributed by atoms with van der Waals surface area (Å²) in [6.07, 6.45) is 5.21. The fourth-order valence-electron chi connectivity index (χ4n) is 2.49. The topological polar surface area (TPSA) is 78.0 Å². The molecule has 0 radical (unpaired) electrons. The third kappa shape index (κ3) is 2.68. The number of nitrogens with zero attached hydrogens (tertiary/aromatic N) is 4. The van der Waals surface area contributed by atoms with Crippen molar-refractivity contribution < 1.29 is 9.15 Å². The van der Waals surface area contributed by atoms with E-state index in [-0.39, 0.29) is 6.10 Å². The molecule has 0 spiro atoms. The molecule has 8 heteroatoms. The molecular weight excluding hydrogens is 302 g/mol.